The van der Waals surface area contributed by atoms with Gasteiger partial charge in [-0.05, 0) is 29.6 Å². The number of nitrogens with one attached hydrogen (secondary N) is 1. The molecule has 10 heteroatoms. The third-order valence-corrected chi connectivity index (χ3v) is 4.74. The van der Waals surface area contributed by atoms with Gasteiger partial charge in [-0.15, -0.1) is 11.3 Å². The van der Waals surface area contributed by atoms with E-state index in [1.54, 1.807) is 11.4 Å². The van der Waals surface area contributed by atoms with Gasteiger partial charge in [-0.25, -0.2) is 4.98 Å². The first kappa shape index (κ1) is 18.4. The molecule has 0 spiro atoms. The fourth-order valence-corrected chi connectivity index (χ4v) is 3.27. The van der Waals surface area contributed by atoms with Crippen LogP contribution in [0.2, 0.25) is 5.02 Å². The van der Waals surface area contributed by atoms with Crippen molar-refractivity contribution in [3.05, 3.63) is 56.9 Å². The van der Waals surface area contributed by atoms with Crippen molar-refractivity contribution in [2.24, 2.45) is 0 Å². The maximum atomic E-state index is 12.8. The lowest BCUT2D eigenvalue weighted by molar-refractivity contribution is -0.137. The molecule has 0 radical (unpaired) electrons. The standard InChI is InChI=1S/C16H11ClF3N3O2S/c17-12-2-1-9(7-11(12)16(18,19)20)22-13(24)3-5-23-8-21-14-10(15(23)25)4-6-26-14/h1-2,4,6-8H,3,5H2,(H,22,24). The van der Waals surface area contributed by atoms with E-state index in [1.165, 1.54) is 28.3 Å². The van der Waals surface area contributed by atoms with E-state index in [0.717, 1.165) is 12.1 Å². The Bertz CT molecular complexity index is 1030. The zero-order valence-electron chi connectivity index (χ0n) is 13.0. The van der Waals surface area contributed by atoms with Gasteiger partial charge in [0.1, 0.15) is 4.83 Å². The molecule has 5 nitrogen and oxygen atoms in total. The molecule has 2 heterocycles. The number of thiophene rings is 1. The Hall–Kier alpha value is -2.39. The lowest BCUT2D eigenvalue weighted by Crippen LogP contribution is -2.23. The Balaban J connectivity index is 1.69. The van der Waals surface area contributed by atoms with Gasteiger partial charge in [0.25, 0.3) is 5.56 Å². The summed E-state index contributed by atoms with van der Waals surface area (Å²) in [7, 11) is 0. The molecule has 1 aromatic carbocycles. The van der Waals surface area contributed by atoms with Crippen LogP contribution in [0, 0.1) is 0 Å². The number of halogens is 4. The van der Waals surface area contributed by atoms with Gasteiger partial charge >= 0.3 is 6.18 Å². The predicted molar refractivity (Wildman–Crippen MR) is 93.6 cm³/mol. The Kier molecular flexibility index (Phi) is 5.01. The number of hydrogen-bond donors (Lipinski definition) is 1. The number of anilines is 1. The second-order valence-electron chi connectivity index (χ2n) is 5.37. The third-order valence-electron chi connectivity index (χ3n) is 3.59. The van der Waals surface area contributed by atoms with Crippen molar-refractivity contribution in [2.75, 3.05) is 5.32 Å². The summed E-state index contributed by atoms with van der Waals surface area (Å²) >= 11 is 6.87. The molecule has 3 aromatic rings. The van der Waals surface area contributed by atoms with Crippen molar-refractivity contribution in [1.82, 2.24) is 9.55 Å². The van der Waals surface area contributed by atoms with Crippen LogP contribution in [0.25, 0.3) is 10.2 Å². The van der Waals surface area contributed by atoms with E-state index >= 15 is 0 Å². The second-order valence-corrected chi connectivity index (χ2v) is 6.67. The van der Waals surface area contributed by atoms with Crippen molar-refractivity contribution in [3.63, 3.8) is 0 Å². The highest BCUT2D eigenvalue weighted by Gasteiger charge is 2.33. The quantitative estimate of drug-likeness (QED) is 0.714. The van der Waals surface area contributed by atoms with Crippen LogP contribution in [-0.4, -0.2) is 15.5 Å². The highest BCUT2D eigenvalue weighted by molar-refractivity contribution is 7.16. The molecule has 0 bridgehead atoms. The number of aryl methyl sites for hydroxylation is 1. The fraction of sp³-hybridized carbons (Fsp3) is 0.188. The molecule has 1 N–H and O–H groups in total. The number of fused-ring (bicyclic) bond motifs is 1. The zero-order chi connectivity index (χ0) is 18.9. The molecule has 0 aliphatic heterocycles. The molecular formula is C16H11ClF3N3O2S. The number of benzene rings is 1. The smallest absolute Gasteiger partial charge is 0.326 e. The molecule has 3 rings (SSSR count). The van der Waals surface area contributed by atoms with Gasteiger partial charge < -0.3 is 5.32 Å². The van der Waals surface area contributed by atoms with E-state index in [9.17, 15) is 22.8 Å². The first-order valence-corrected chi connectivity index (χ1v) is 8.61. The normalized spacial score (nSPS) is 11.7. The summed E-state index contributed by atoms with van der Waals surface area (Å²) in [4.78, 5) is 28.9. The van der Waals surface area contributed by atoms with E-state index in [-0.39, 0.29) is 24.2 Å². The van der Waals surface area contributed by atoms with Crippen molar-refractivity contribution in [2.45, 2.75) is 19.1 Å². The van der Waals surface area contributed by atoms with Gasteiger partial charge in [0, 0.05) is 18.7 Å². The molecule has 0 saturated carbocycles. The number of hydrogen-bond acceptors (Lipinski definition) is 4. The van der Waals surface area contributed by atoms with Crippen LogP contribution >= 0.6 is 22.9 Å². The minimum absolute atomic E-state index is 0.0227. The Morgan fingerprint density at radius 1 is 1.31 bits per heavy atom. The fourth-order valence-electron chi connectivity index (χ4n) is 2.32. The van der Waals surface area contributed by atoms with Crippen LogP contribution < -0.4 is 10.9 Å². The van der Waals surface area contributed by atoms with Crippen LogP contribution in [0.15, 0.2) is 40.8 Å². The van der Waals surface area contributed by atoms with E-state index in [1.807, 2.05) is 0 Å². The van der Waals surface area contributed by atoms with Gasteiger partial charge in [0.05, 0.1) is 22.3 Å². The molecular weight excluding hydrogens is 391 g/mol. The van der Waals surface area contributed by atoms with E-state index in [0.29, 0.717) is 10.2 Å². The topological polar surface area (TPSA) is 64.0 Å². The molecule has 26 heavy (non-hydrogen) atoms. The minimum Gasteiger partial charge on any atom is -0.326 e. The first-order valence-electron chi connectivity index (χ1n) is 7.35. The highest BCUT2D eigenvalue weighted by Crippen LogP contribution is 2.36. The van der Waals surface area contributed by atoms with Crippen molar-refractivity contribution in [1.29, 1.82) is 0 Å². The summed E-state index contributed by atoms with van der Waals surface area (Å²) in [5, 5.41) is 4.13. The summed E-state index contributed by atoms with van der Waals surface area (Å²) in [5.41, 5.74) is -1.32. The number of aromatic nitrogens is 2. The molecule has 0 aliphatic carbocycles. The third kappa shape index (κ3) is 3.88. The zero-order valence-corrected chi connectivity index (χ0v) is 14.6. The molecule has 136 valence electrons. The SMILES string of the molecule is O=C(CCn1cnc2sccc2c1=O)Nc1ccc(Cl)c(C(F)(F)F)c1. The van der Waals surface area contributed by atoms with Gasteiger partial charge in [-0.3, -0.25) is 14.2 Å². The second kappa shape index (κ2) is 7.08. The molecule has 0 aliphatic rings. The number of carbonyl (C=O) groups excluding carboxylic acids is 1. The predicted octanol–water partition coefficient (Wildman–Crippen LogP) is 4.16. The maximum absolute atomic E-state index is 12.8. The Labute approximate surface area is 154 Å². The number of carbonyl (C=O) groups is 1. The summed E-state index contributed by atoms with van der Waals surface area (Å²) in [6.07, 6.45) is -3.37. The number of rotatable bonds is 4. The Morgan fingerprint density at radius 2 is 2.08 bits per heavy atom. The number of nitrogens with zero attached hydrogens (tertiary/aromatic N) is 2. The van der Waals surface area contributed by atoms with Gasteiger partial charge in [-0.2, -0.15) is 13.2 Å². The number of amides is 1. The van der Waals surface area contributed by atoms with Gasteiger partial charge in [0.15, 0.2) is 0 Å². The van der Waals surface area contributed by atoms with Gasteiger partial charge in [0.2, 0.25) is 5.91 Å². The molecule has 0 fully saturated rings. The molecule has 1 amide bonds. The number of alkyl halides is 3. The monoisotopic (exact) mass is 401 g/mol. The van der Waals surface area contributed by atoms with Crippen molar-refractivity contribution < 1.29 is 18.0 Å². The van der Waals surface area contributed by atoms with E-state index < -0.39 is 22.7 Å². The van der Waals surface area contributed by atoms with E-state index in [4.69, 9.17) is 11.6 Å². The maximum Gasteiger partial charge on any atom is 0.417 e. The van der Waals surface area contributed by atoms with Crippen LogP contribution in [0.4, 0.5) is 18.9 Å². The summed E-state index contributed by atoms with van der Waals surface area (Å²) in [5.74, 6) is -0.530. The van der Waals surface area contributed by atoms with E-state index in [2.05, 4.69) is 10.3 Å². The minimum atomic E-state index is -4.62. The largest absolute Gasteiger partial charge is 0.417 e. The average molecular weight is 402 g/mol. The van der Waals surface area contributed by atoms with Crippen LogP contribution in [0.1, 0.15) is 12.0 Å². The summed E-state index contributed by atoms with van der Waals surface area (Å²) in [6.45, 7) is 0.0587. The molecule has 0 saturated heterocycles. The lowest BCUT2D eigenvalue weighted by atomic mass is 10.2. The first-order chi connectivity index (χ1) is 12.3. The lowest BCUT2D eigenvalue weighted by Gasteiger charge is -2.12. The Morgan fingerprint density at radius 3 is 2.81 bits per heavy atom. The van der Waals surface area contributed by atoms with Crippen LogP contribution in [0.5, 0.6) is 0 Å². The molecule has 0 atom stereocenters. The van der Waals surface area contributed by atoms with Crippen LogP contribution in [0.3, 0.4) is 0 Å². The highest BCUT2D eigenvalue weighted by atomic mass is 35.5. The summed E-state index contributed by atoms with van der Waals surface area (Å²) in [6, 6.07) is 4.77. The molecule has 0 unspecified atom stereocenters. The van der Waals surface area contributed by atoms with Crippen molar-refractivity contribution in [3.8, 4) is 0 Å². The van der Waals surface area contributed by atoms with Crippen LogP contribution in [-0.2, 0) is 17.5 Å². The van der Waals surface area contributed by atoms with Crippen molar-refractivity contribution >= 4 is 44.7 Å². The summed E-state index contributed by atoms with van der Waals surface area (Å²) < 4.78 is 39.8. The average Bonchev–Trinajstić information content (AvgIpc) is 3.04. The van der Waals surface area contributed by atoms with Gasteiger partial charge in [-0.1, -0.05) is 11.6 Å². The molecule has 2 aromatic heterocycles.